The Balaban J connectivity index is 1.47. The van der Waals surface area contributed by atoms with E-state index in [4.69, 9.17) is 4.42 Å². The lowest BCUT2D eigenvalue weighted by Gasteiger charge is -2.07. The smallest absolute Gasteiger partial charge is 0.323 e. The molecule has 0 saturated heterocycles. The summed E-state index contributed by atoms with van der Waals surface area (Å²) in [6, 6.07) is 24.0. The molecule has 2 amide bonds. The van der Waals surface area contributed by atoms with Crippen LogP contribution in [0, 0.1) is 0 Å². The Morgan fingerprint density at radius 1 is 0.760 bits per heavy atom. The van der Waals surface area contributed by atoms with Gasteiger partial charge in [0.25, 0.3) is 0 Å². The average Bonchev–Trinajstić information content (AvgIpc) is 3.07. The van der Waals surface area contributed by atoms with Crippen molar-refractivity contribution in [3.63, 3.8) is 0 Å². The molecule has 0 fully saturated rings. The van der Waals surface area contributed by atoms with Crippen molar-refractivity contribution in [3.05, 3.63) is 78.9 Å². The predicted octanol–water partition coefficient (Wildman–Crippen LogP) is 5.14. The third-order valence-corrected chi connectivity index (χ3v) is 3.72. The number of oxazole rings is 1. The maximum absolute atomic E-state index is 12.0. The number of benzene rings is 3. The monoisotopic (exact) mass is 329 g/mol. The van der Waals surface area contributed by atoms with Crippen LogP contribution in [0.4, 0.5) is 16.2 Å². The molecule has 0 aliphatic heterocycles. The molecule has 5 heteroatoms. The van der Waals surface area contributed by atoms with E-state index in [1.165, 1.54) is 0 Å². The highest BCUT2D eigenvalue weighted by Crippen LogP contribution is 2.25. The largest absolute Gasteiger partial charge is 0.436 e. The Labute approximate surface area is 144 Å². The van der Waals surface area contributed by atoms with Crippen LogP contribution in [0.15, 0.2) is 83.3 Å². The SMILES string of the molecule is O=C(Nc1ccccc1)Nc1ccc(-c2nc3ccccc3o2)cc1. The second-order valence-corrected chi connectivity index (χ2v) is 5.51. The lowest BCUT2D eigenvalue weighted by Crippen LogP contribution is -2.19. The molecule has 2 N–H and O–H groups in total. The van der Waals surface area contributed by atoms with E-state index in [0.717, 1.165) is 22.4 Å². The number of aromatic nitrogens is 1. The lowest BCUT2D eigenvalue weighted by atomic mass is 10.2. The highest BCUT2D eigenvalue weighted by atomic mass is 16.3. The Hall–Kier alpha value is -3.60. The van der Waals surface area contributed by atoms with E-state index < -0.39 is 0 Å². The van der Waals surface area contributed by atoms with E-state index >= 15 is 0 Å². The number of hydrogen-bond acceptors (Lipinski definition) is 3. The highest BCUT2D eigenvalue weighted by molar-refractivity contribution is 5.99. The van der Waals surface area contributed by atoms with Crippen molar-refractivity contribution < 1.29 is 9.21 Å². The summed E-state index contributed by atoms with van der Waals surface area (Å²) in [6.07, 6.45) is 0. The molecule has 122 valence electrons. The molecule has 0 saturated carbocycles. The third kappa shape index (κ3) is 3.35. The number of fused-ring (bicyclic) bond motifs is 1. The van der Waals surface area contributed by atoms with Crippen molar-refractivity contribution in [2.75, 3.05) is 10.6 Å². The van der Waals surface area contributed by atoms with Gasteiger partial charge in [-0.25, -0.2) is 9.78 Å². The first kappa shape index (κ1) is 15.0. The summed E-state index contributed by atoms with van der Waals surface area (Å²) in [6.45, 7) is 0. The summed E-state index contributed by atoms with van der Waals surface area (Å²) >= 11 is 0. The second kappa shape index (κ2) is 6.49. The molecule has 4 rings (SSSR count). The minimum atomic E-state index is -0.291. The van der Waals surface area contributed by atoms with Crippen LogP contribution in [0.5, 0.6) is 0 Å². The molecule has 1 heterocycles. The van der Waals surface area contributed by atoms with Crippen LogP contribution in [-0.4, -0.2) is 11.0 Å². The van der Waals surface area contributed by atoms with Gasteiger partial charge in [-0.1, -0.05) is 30.3 Å². The van der Waals surface area contributed by atoms with Gasteiger partial charge < -0.3 is 15.1 Å². The van der Waals surface area contributed by atoms with Crippen molar-refractivity contribution in [2.45, 2.75) is 0 Å². The molecule has 0 radical (unpaired) electrons. The number of carbonyl (C=O) groups is 1. The third-order valence-electron chi connectivity index (χ3n) is 3.72. The number of rotatable bonds is 3. The summed E-state index contributed by atoms with van der Waals surface area (Å²) in [5.74, 6) is 0.557. The van der Waals surface area contributed by atoms with Crippen molar-refractivity contribution in [1.29, 1.82) is 0 Å². The Morgan fingerprint density at radius 2 is 1.40 bits per heavy atom. The fourth-order valence-corrected chi connectivity index (χ4v) is 2.51. The molecule has 4 aromatic rings. The van der Waals surface area contributed by atoms with Crippen LogP contribution in [0.1, 0.15) is 0 Å². The number of anilines is 2. The molecular formula is C20H15N3O2. The van der Waals surface area contributed by atoms with E-state index in [0.29, 0.717) is 11.6 Å². The van der Waals surface area contributed by atoms with Crippen molar-refractivity contribution in [1.82, 2.24) is 4.98 Å². The summed E-state index contributed by atoms with van der Waals surface area (Å²) in [5.41, 5.74) is 3.85. The fourth-order valence-electron chi connectivity index (χ4n) is 2.51. The van der Waals surface area contributed by atoms with Crippen molar-refractivity contribution in [3.8, 4) is 11.5 Å². The zero-order valence-corrected chi connectivity index (χ0v) is 13.3. The zero-order chi connectivity index (χ0) is 17.1. The molecular weight excluding hydrogens is 314 g/mol. The van der Waals surface area contributed by atoms with E-state index in [2.05, 4.69) is 15.6 Å². The Morgan fingerprint density at radius 3 is 2.12 bits per heavy atom. The maximum Gasteiger partial charge on any atom is 0.323 e. The molecule has 0 aliphatic carbocycles. The first-order valence-electron chi connectivity index (χ1n) is 7.87. The zero-order valence-electron chi connectivity index (χ0n) is 13.3. The Bertz CT molecular complexity index is 975. The number of para-hydroxylation sites is 3. The van der Waals surface area contributed by atoms with Gasteiger partial charge in [-0.15, -0.1) is 0 Å². The standard InChI is InChI=1S/C20H15N3O2/c24-20(21-15-6-2-1-3-7-15)22-16-12-10-14(11-13-16)19-23-17-8-4-5-9-18(17)25-19/h1-13H,(H2,21,22,24). The van der Waals surface area contributed by atoms with Gasteiger partial charge in [0.2, 0.25) is 5.89 Å². The topological polar surface area (TPSA) is 67.2 Å². The van der Waals surface area contributed by atoms with Crippen molar-refractivity contribution >= 4 is 28.5 Å². The second-order valence-electron chi connectivity index (χ2n) is 5.51. The number of hydrogen-bond donors (Lipinski definition) is 2. The molecule has 25 heavy (non-hydrogen) atoms. The molecule has 0 bridgehead atoms. The minimum absolute atomic E-state index is 0.291. The summed E-state index contributed by atoms with van der Waals surface area (Å²) in [5, 5.41) is 5.57. The normalized spacial score (nSPS) is 10.6. The van der Waals surface area contributed by atoms with Crippen LogP contribution < -0.4 is 10.6 Å². The highest BCUT2D eigenvalue weighted by Gasteiger charge is 2.08. The van der Waals surface area contributed by atoms with Gasteiger partial charge in [0, 0.05) is 16.9 Å². The van der Waals surface area contributed by atoms with Gasteiger partial charge in [0.1, 0.15) is 5.52 Å². The van der Waals surface area contributed by atoms with Crippen molar-refractivity contribution in [2.24, 2.45) is 0 Å². The van der Waals surface area contributed by atoms with E-state index in [9.17, 15) is 4.79 Å². The maximum atomic E-state index is 12.0. The number of nitrogens with one attached hydrogen (secondary N) is 2. The average molecular weight is 329 g/mol. The molecule has 0 atom stereocenters. The van der Waals surface area contributed by atoms with E-state index in [1.807, 2.05) is 78.9 Å². The molecule has 0 unspecified atom stereocenters. The molecule has 3 aromatic carbocycles. The van der Waals surface area contributed by atoms with Crippen LogP contribution >= 0.6 is 0 Å². The quantitative estimate of drug-likeness (QED) is 0.547. The van der Waals surface area contributed by atoms with Crippen LogP contribution in [0.25, 0.3) is 22.6 Å². The first-order valence-corrected chi connectivity index (χ1v) is 7.87. The predicted molar refractivity (Wildman–Crippen MR) is 98.5 cm³/mol. The fraction of sp³-hybridized carbons (Fsp3) is 0. The van der Waals surface area contributed by atoms with Gasteiger partial charge in [-0.3, -0.25) is 0 Å². The minimum Gasteiger partial charge on any atom is -0.436 e. The van der Waals surface area contributed by atoms with Gasteiger partial charge in [-0.05, 0) is 48.5 Å². The number of urea groups is 1. The van der Waals surface area contributed by atoms with E-state index in [1.54, 1.807) is 0 Å². The Kier molecular flexibility index (Phi) is 3.88. The lowest BCUT2D eigenvalue weighted by molar-refractivity contribution is 0.262. The molecule has 1 aromatic heterocycles. The number of nitrogens with zero attached hydrogens (tertiary/aromatic N) is 1. The van der Waals surface area contributed by atoms with E-state index in [-0.39, 0.29) is 6.03 Å². The molecule has 5 nitrogen and oxygen atoms in total. The van der Waals surface area contributed by atoms with Crippen LogP contribution in [-0.2, 0) is 0 Å². The molecule has 0 spiro atoms. The van der Waals surface area contributed by atoms with Gasteiger partial charge in [0.05, 0.1) is 0 Å². The summed E-state index contributed by atoms with van der Waals surface area (Å²) < 4.78 is 5.74. The summed E-state index contributed by atoms with van der Waals surface area (Å²) in [7, 11) is 0. The van der Waals surface area contributed by atoms with Crippen LogP contribution in [0.2, 0.25) is 0 Å². The van der Waals surface area contributed by atoms with Gasteiger partial charge >= 0.3 is 6.03 Å². The number of carbonyl (C=O) groups excluding carboxylic acids is 1. The van der Waals surface area contributed by atoms with Gasteiger partial charge in [-0.2, -0.15) is 0 Å². The first-order chi connectivity index (χ1) is 12.3. The number of amides is 2. The molecule has 0 aliphatic rings. The van der Waals surface area contributed by atoms with Gasteiger partial charge in [0.15, 0.2) is 5.58 Å². The van der Waals surface area contributed by atoms with Crippen LogP contribution in [0.3, 0.4) is 0 Å². The summed E-state index contributed by atoms with van der Waals surface area (Å²) in [4.78, 5) is 16.5.